The van der Waals surface area contributed by atoms with Crippen LogP contribution in [0.5, 0.6) is 0 Å². The number of carbonyl (C=O) groups excluding carboxylic acids is 1. The third-order valence-corrected chi connectivity index (χ3v) is 7.57. The van der Waals surface area contributed by atoms with Crippen LogP contribution in [0.1, 0.15) is 64.5 Å². The zero-order valence-electron chi connectivity index (χ0n) is 21.8. The summed E-state index contributed by atoms with van der Waals surface area (Å²) in [6, 6.07) is 3.86. The van der Waals surface area contributed by atoms with Gasteiger partial charge in [0.2, 0.25) is 15.9 Å². The van der Waals surface area contributed by atoms with Crippen LogP contribution in [-0.4, -0.2) is 67.8 Å². The van der Waals surface area contributed by atoms with Gasteiger partial charge in [-0.3, -0.25) is 4.79 Å². The Morgan fingerprint density at radius 2 is 1.78 bits per heavy atom. The smallest absolute Gasteiger partial charge is 0.390 e. The van der Waals surface area contributed by atoms with E-state index in [2.05, 4.69) is 24.5 Å². The Balaban J connectivity index is 2.92. The molecule has 7 nitrogen and oxygen atoms in total. The molecule has 0 fully saturated rings. The maximum atomic E-state index is 13.1. The number of hydrogen-bond acceptors (Lipinski definition) is 5. The molecule has 0 aromatic heterocycles. The molecular formula is C25H42F3N3O4S. The summed E-state index contributed by atoms with van der Waals surface area (Å²) in [5.74, 6) is -0.500. The lowest BCUT2D eigenvalue weighted by molar-refractivity contribution is -0.137. The maximum Gasteiger partial charge on any atom is 0.416 e. The molecule has 36 heavy (non-hydrogen) atoms. The van der Waals surface area contributed by atoms with Gasteiger partial charge in [-0.05, 0) is 49.8 Å². The highest BCUT2D eigenvalue weighted by molar-refractivity contribution is 7.89. The highest BCUT2D eigenvalue weighted by atomic mass is 32.2. The van der Waals surface area contributed by atoms with Crippen molar-refractivity contribution in [3.05, 3.63) is 35.4 Å². The molecule has 0 saturated heterocycles. The minimum Gasteiger partial charge on any atom is -0.390 e. The van der Waals surface area contributed by atoms with Gasteiger partial charge in [0, 0.05) is 26.1 Å². The Morgan fingerprint density at radius 3 is 2.33 bits per heavy atom. The van der Waals surface area contributed by atoms with E-state index in [0.717, 1.165) is 18.6 Å². The van der Waals surface area contributed by atoms with Crippen molar-refractivity contribution < 1.29 is 31.5 Å². The molecule has 0 saturated carbocycles. The SMILES string of the molecule is CCCN(CCC)S(=O)(=O)CCC(=O)N[C@@H](Cc1cccc(C(F)(F)F)c1)[C@@H](O)CNCCC(C)C. The van der Waals surface area contributed by atoms with E-state index in [0.29, 0.717) is 44.0 Å². The number of aliphatic hydroxyl groups excluding tert-OH is 1. The highest BCUT2D eigenvalue weighted by Crippen LogP contribution is 2.29. The van der Waals surface area contributed by atoms with Gasteiger partial charge in [0.1, 0.15) is 0 Å². The lowest BCUT2D eigenvalue weighted by atomic mass is 9.99. The molecule has 11 heteroatoms. The molecule has 1 aromatic rings. The van der Waals surface area contributed by atoms with Gasteiger partial charge in [-0.25, -0.2) is 12.7 Å². The summed E-state index contributed by atoms with van der Waals surface area (Å²) in [6.45, 7) is 9.39. The summed E-state index contributed by atoms with van der Waals surface area (Å²) in [5.41, 5.74) is -0.506. The molecule has 0 unspecified atom stereocenters. The van der Waals surface area contributed by atoms with E-state index in [9.17, 15) is 31.5 Å². The third-order valence-electron chi connectivity index (χ3n) is 5.70. The first-order chi connectivity index (χ1) is 16.8. The number of benzene rings is 1. The van der Waals surface area contributed by atoms with Crippen molar-refractivity contribution in [1.82, 2.24) is 14.9 Å². The van der Waals surface area contributed by atoms with E-state index < -0.39 is 39.8 Å². The second kappa shape index (κ2) is 15.5. The number of sulfonamides is 1. The highest BCUT2D eigenvalue weighted by Gasteiger charge is 2.31. The lowest BCUT2D eigenvalue weighted by Crippen LogP contribution is -2.49. The van der Waals surface area contributed by atoms with Crippen LogP contribution >= 0.6 is 0 Å². The van der Waals surface area contributed by atoms with Crippen molar-refractivity contribution >= 4 is 15.9 Å². The fourth-order valence-corrected chi connectivity index (χ4v) is 5.34. The summed E-state index contributed by atoms with van der Waals surface area (Å²) < 4.78 is 66.1. The van der Waals surface area contributed by atoms with Crippen molar-refractivity contribution in [2.45, 2.75) is 78.1 Å². The Hall–Kier alpha value is -1.69. The number of rotatable bonds is 17. The molecule has 0 bridgehead atoms. The summed E-state index contributed by atoms with van der Waals surface area (Å²) in [7, 11) is -3.63. The van der Waals surface area contributed by atoms with Crippen molar-refractivity contribution in [2.75, 3.05) is 31.9 Å². The molecule has 0 aliphatic rings. The average Bonchev–Trinajstić information content (AvgIpc) is 2.79. The first-order valence-electron chi connectivity index (χ1n) is 12.6. The Bertz CT molecular complexity index is 889. The minimum absolute atomic E-state index is 0.0345. The van der Waals surface area contributed by atoms with Gasteiger partial charge < -0.3 is 15.7 Å². The van der Waals surface area contributed by atoms with Crippen LogP contribution in [0.3, 0.4) is 0 Å². The Kier molecular flexibility index (Phi) is 14.0. The summed E-state index contributed by atoms with van der Waals surface area (Å²) >= 11 is 0. The number of amides is 1. The van der Waals surface area contributed by atoms with E-state index in [1.54, 1.807) is 0 Å². The predicted molar refractivity (Wildman–Crippen MR) is 136 cm³/mol. The molecule has 3 N–H and O–H groups in total. The first-order valence-corrected chi connectivity index (χ1v) is 14.2. The van der Waals surface area contributed by atoms with Crippen LogP contribution in [0.15, 0.2) is 24.3 Å². The molecule has 1 rings (SSSR count). The molecule has 0 heterocycles. The monoisotopic (exact) mass is 537 g/mol. The second-order valence-corrected chi connectivity index (χ2v) is 11.6. The molecule has 1 aromatic carbocycles. The van der Waals surface area contributed by atoms with E-state index in [1.165, 1.54) is 16.4 Å². The fraction of sp³-hybridized carbons (Fsp3) is 0.720. The van der Waals surface area contributed by atoms with Crippen LogP contribution in [0.4, 0.5) is 13.2 Å². The molecular weight excluding hydrogens is 495 g/mol. The van der Waals surface area contributed by atoms with Gasteiger partial charge in [0.25, 0.3) is 0 Å². The zero-order valence-corrected chi connectivity index (χ0v) is 22.6. The van der Waals surface area contributed by atoms with Gasteiger partial charge in [-0.15, -0.1) is 0 Å². The lowest BCUT2D eigenvalue weighted by Gasteiger charge is -2.26. The number of hydrogen-bond donors (Lipinski definition) is 3. The molecule has 0 spiro atoms. The summed E-state index contributed by atoms with van der Waals surface area (Å²) in [4.78, 5) is 12.7. The van der Waals surface area contributed by atoms with E-state index in [-0.39, 0.29) is 25.1 Å². The number of alkyl halides is 3. The second-order valence-electron chi connectivity index (χ2n) is 9.50. The molecule has 0 radical (unpaired) electrons. The molecule has 1 amide bonds. The minimum atomic E-state index is -4.51. The van der Waals surface area contributed by atoms with E-state index in [1.807, 2.05) is 13.8 Å². The zero-order chi connectivity index (χ0) is 27.4. The van der Waals surface area contributed by atoms with Gasteiger partial charge in [0.15, 0.2) is 0 Å². The number of nitrogens with one attached hydrogen (secondary N) is 2. The molecule has 0 aliphatic heterocycles. The molecule has 2 atom stereocenters. The van der Waals surface area contributed by atoms with Crippen molar-refractivity contribution in [2.24, 2.45) is 5.92 Å². The van der Waals surface area contributed by atoms with Gasteiger partial charge >= 0.3 is 6.18 Å². The van der Waals surface area contributed by atoms with Crippen molar-refractivity contribution in [3.8, 4) is 0 Å². The van der Waals surface area contributed by atoms with Crippen LogP contribution < -0.4 is 10.6 Å². The number of aliphatic hydroxyl groups is 1. The van der Waals surface area contributed by atoms with Gasteiger partial charge in [0.05, 0.1) is 23.5 Å². The van der Waals surface area contributed by atoms with Crippen LogP contribution in [-0.2, 0) is 27.4 Å². The topological polar surface area (TPSA) is 98.7 Å². The maximum absolute atomic E-state index is 13.1. The van der Waals surface area contributed by atoms with Gasteiger partial charge in [-0.2, -0.15) is 13.2 Å². The number of carbonyl (C=O) groups is 1. The third kappa shape index (κ3) is 12.0. The number of nitrogens with zero attached hydrogens (tertiary/aromatic N) is 1. The standard InChI is InChI=1S/C25H42F3N3O4S/c1-5-13-31(14-6-2)36(34,35)15-11-24(33)30-22(23(32)18-29-12-10-19(3)4)17-20-8-7-9-21(16-20)25(26,27)28/h7-9,16,19,22-23,29,32H,5-6,10-15,17-18H2,1-4H3,(H,30,33)/t22-,23-/m0/s1. The normalized spacial score (nSPS) is 14.3. The molecule has 208 valence electrons. The molecule has 0 aliphatic carbocycles. The van der Waals surface area contributed by atoms with Crippen LogP contribution in [0.25, 0.3) is 0 Å². The average molecular weight is 538 g/mol. The predicted octanol–water partition coefficient (Wildman–Crippen LogP) is 3.57. The van der Waals surface area contributed by atoms with Crippen LogP contribution in [0.2, 0.25) is 0 Å². The Morgan fingerprint density at radius 1 is 1.14 bits per heavy atom. The summed E-state index contributed by atoms with van der Waals surface area (Å²) in [5, 5.41) is 16.5. The first kappa shape index (κ1) is 32.3. The van der Waals surface area contributed by atoms with E-state index >= 15 is 0 Å². The van der Waals surface area contributed by atoms with Crippen molar-refractivity contribution in [1.29, 1.82) is 0 Å². The van der Waals surface area contributed by atoms with Gasteiger partial charge in [-0.1, -0.05) is 45.9 Å². The largest absolute Gasteiger partial charge is 0.416 e. The Labute approximate surface area is 213 Å². The fourth-order valence-electron chi connectivity index (χ4n) is 3.71. The number of halogens is 3. The summed E-state index contributed by atoms with van der Waals surface area (Å²) in [6.07, 6.45) is -3.75. The van der Waals surface area contributed by atoms with E-state index in [4.69, 9.17) is 0 Å². The van der Waals surface area contributed by atoms with Crippen LogP contribution in [0, 0.1) is 5.92 Å². The van der Waals surface area contributed by atoms with Crippen molar-refractivity contribution in [3.63, 3.8) is 0 Å². The quantitative estimate of drug-likeness (QED) is 0.264.